The monoisotopic (exact) mass is 220 g/mol. The maximum absolute atomic E-state index is 10.2. The molecule has 0 fully saturated rings. The standard InChI is InChI=1S/C9H8N4O3/c14-8(15)5-16-13-7-2-1-6-9(12-7)11-4-3-10-6/h1-4H,5H2,(H,14,15)(H,11,12,13). The molecule has 2 N–H and O–H groups in total. The van der Waals surface area contributed by atoms with Crippen molar-refractivity contribution in [1.82, 2.24) is 15.0 Å². The van der Waals surface area contributed by atoms with E-state index in [9.17, 15) is 4.79 Å². The van der Waals surface area contributed by atoms with Crippen LogP contribution in [0.4, 0.5) is 5.82 Å². The largest absolute Gasteiger partial charge is 0.479 e. The molecular formula is C9H8N4O3. The molecule has 0 radical (unpaired) electrons. The molecule has 0 spiro atoms. The Labute approximate surface area is 90.1 Å². The number of hydrogen-bond acceptors (Lipinski definition) is 6. The minimum Gasteiger partial charge on any atom is -0.479 e. The molecule has 0 saturated heterocycles. The highest BCUT2D eigenvalue weighted by atomic mass is 16.7. The van der Waals surface area contributed by atoms with Gasteiger partial charge >= 0.3 is 5.97 Å². The summed E-state index contributed by atoms with van der Waals surface area (Å²) in [7, 11) is 0. The number of fused-ring (bicyclic) bond motifs is 1. The van der Waals surface area contributed by atoms with Crippen LogP contribution in [0.15, 0.2) is 24.5 Å². The maximum atomic E-state index is 10.2. The van der Waals surface area contributed by atoms with Crippen LogP contribution in [0.2, 0.25) is 0 Å². The number of carboxylic acids is 1. The third kappa shape index (κ3) is 2.39. The fraction of sp³-hybridized carbons (Fsp3) is 0.111. The average molecular weight is 220 g/mol. The highest BCUT2D eigenvalue weighted by Gasteiger charge is 2.00. The molecular weight excluding hydrogens is 212 g/mol. The van der Waals surface area contributed by atoms with Crippen LogP contribution < -0.4 is 5.48 Å². The lowest BCUT2D eigenvalue weighted by Crippen LogP contribution is -2.12. The summed E-state index contributed by atoms with van der Waals surface area (Å²) in [6.07, 6.45) is 3.09. The van der Waals surface area contributed by atoms with Crippen LogP contribution in [-0.2, 0) is 9.63 Å². The number of pyridine rings is 1. The number of rotatable bonds is 4. The first-order valence-corrected chi connectivity index (χ1v) is 4.43. The van der Waals surface area contributed by atoms with Gasteiger partial charge in [-0.3, -0.25) is 9.82 Å². The molecule has 0 unspecified atom stereocenters. The fourth-order valence-corrected chi connectivity index (χ4v) is 1.08. The Bertz CT molecular complexity index is 517. The minimum atomic E-state index is -1.06. The summed E-state index contributed by atoms with van der Waals surface area (Å²) in [5.41, 5.74) is 3.53. The van der Waals surface area contributed by atoms with Gasteiger partial charge in [-0.1, -0.05) is 0 Å². The maximum Gasteiger partial charge on any atom is 0.332 e. The number of carbonyl (C=O) groups is 1. The highest BCUT2D eigenvalue weighted by Crippen LogP contribution is 2.09. The quantitative estimate of drug-likeness (QED) is 0.722. The summed E-state index contributed by atoms with van der Waals surface area (Å²) in [6.45, 7) is -0.444. The number of carboxylic acid groups (broad SMARTS) is 1. The van der Waals surface area contributed by atoms with E-state index in [1.165, 1.54) is 6.20 Å². The van der Waals surface area contributed by atoms with Gasteiger partial charge in [-0.2, -0.15) is 0 Å². The molecule has 0 atom stereocenters. The Morgan fingerprint density at radius 2 is 2.19 bits per heavy atom. The number of aromatic nitrogens is 3. The van der Waals surface area contributed by atoms with E-state index >= 15 is 0 Å². The molecule has 0 bridgehead atoms. The Balaban J connectivity index is 2.10. The first kappa shape index (κ1) is 10.2. The molecule has 0 saturated carbocycles. The summed E-state index contributed by atoms with van der Waals surface area (Å²) < 4.78 is 0. The van der Waals surface area contributed by atoms with E-state index in [0.29, 0.717) is 17.0 Å². The molecule has 82 valence electrons. The summed E-state index contributed by atoms with van der Waals surface area (Å²) in [5, 5.41) is 8.36. The summed E-state index contributed by atoms with van der Waals surface area (Å²) >= 11 is 0. The first-order chi connectivity index (χ1) is 7.75. The van der Waals surface area contributed by atoms with Crippen molar-refractivity contribution in [3.8, 4) is 0 Å². The van der Waals surface area contributed by atoms with E-state index in [-0.39, 0.29) is 0 Å². The summed E-state index contributed by atoms with van der Waals surface area (Å²) in [6, 6.07) is 3.33. The van der Waals surface area contributed by atoms with Crippen LogP contribution in [0.1, 0.15) is 0 Å². The van der Waals surface area contributed by atoms with Crippen molar-refractivity contribution in [2.75, 3.05) is 12.1 Å². The van der Waals surface area contributed by atoms with Crippen molar-refractivity contribution in [1.29, 1.82) is 0 Å². The van der Waals surface area contributed by atoms with Gasteiger partial charge in [0.15, 0.2) is 18.1 Å². The van der Waals surface area contributed by atoms with Crippen molar-refractivity contribution in [2.24, 2.45) is 0 Å². The number of aliphatic carboxylic acids is 1. The van der Waals surface area contributed by atoms with Crippen LogP contribution in [-0.4, -0.2) is 32.6 Å². The Morgan fingerprint density at radius 1 is 1.38 bits per heavy atom. The van der Waals surface area contributed by atoms with E-state index in [1.54, 1.807) is 18.3 Å². The Kier molecular flexibility index (Phi) is 2.88. The van der Waals surface area contributed by atoms with Crippen molar-refractivity contribution < 1.29 is 14.7 Å². The van der Waals surface area contributed by atoms with Crippen LogP contribution in [0.3, 0.4) is 0 Å². The van der Waals surface area contributed by atoms with Gasteiger partial charge in [0.2, 0.25) is 0 Å². The fourth-order valence-electron chi connectivity index (χ4n) is 1.08. The lowest BCUT2D eigenvalue weighted by atomic mass is 10.4. The second kappa shape index (κ2) is 4.49. The van der Waals surface area contributed by atoms with Crippen LogP contribution in [0.5, 0.6) is 0 Å². The van der Waals surface area contributed by atoms with E-state index < -0.39 is 12.6 Å². The second-order valence-electron chi connectivity index (χ2n) is 2.88. The molecule has 7 nitrogen and oxygen atoms in total. The Morgan fingerprint density at radius 3 is 3.00 bits per heavy atom. The predicted molar refractivity (Wildman–Crippen MR) is 54.5 cm³/mol. The van der Waals surface area contributed by atoms with Crippen molar-refractivity contribution in [2.45, 2.75) is 0 Å². The third-order valence-corrected chi connectivity index (χ3v) is 1.70. The molecule has 2 aromatic heterocycles. The van der Waals surface area contributed by atoms with Gasteiger partial charge in [0.25, 0.3) is 0 Å². The number of anilines is 1. The smallest absolute Gasteiger partial charge is 0.332 e. The molecule has 2 heterocycles. The van der Waals surface area contributed by atoms with Gasteiger partial charge in [0.05, 0.1) is 0 Å². The molecule has 7 heteroatoms. The normalized spacial score (nSPS) is 10.2. The van der Waals surface area contributed by atoms with Crippen molar-refractivity contribution >= 4 is 23.0 Å². The van der Waals surface area contributed by atoms with Crippen molar-refractivity contribution in [3.63, 3.8) is 0 Å². The molecule has 16 heavy (non-hydrogen) atoms. The van der Waals surface area contributed by atoms with E-state index in [2.05, 4.69) is 25.3 Å². The minimum absolute atomic E-state index is 0.384. The topological polar surface area (TPSA) is 97.2 Å². The van der Waals surface area contributed by atoms with Gasteiger partial charge in [-0.05, 0) is 12.1 Å². The zero-order chi connectivity index (χ0) is 11.4. The van der Waals surface area contributed by atoms with Crippen LogP contribution >= 0.6 is 0 Å². The summed E-state index contributed by atoms with van der Waals surface area (Å²) in [4.78, 5) is 27.0. The van der Waals surface area contributed by atoms with Gasteiger partial charge in [0.1, 0.15) is 5.52 Å². The second-order valence-corrected chi connectivity index (χ2v) is 2.88. The average Bonchev–Trinajstić information content (AvgIpc) is 2.28. The summed E-state index contributed by atoms with van der Waals surface area (Å²) in [5.74, 6) is -0.678. The number of nitrogens with zero attached hydrogens (tertiary/aromatic N) is 3. The zero-order valence-corrected chi connectivity index (χ0v) is 8.12. The zero-order valence-electron chi connectivity index (χ0n) is 8.12. The van der Waals surface area contributed by atoms with Gasteiger partial charge in [0, 0.05) is 12.4 Å². The molecule has 0 aliphatic rings. The number of nitrogens with one attached hydrogen (secondary N) is 1. The lowest BCUT2D eigenvalue weighted by molar-refractivity contribution is -0.141. The number of hydrogen-bond donors (Lipinski definition) is 2. The predicted octanol–water partition coefficient (Wildman–Crippen LogP) is 0.453. The molecule has 0 aliphatic heterocycles. The Hall–Kier alpha value is -2.28. The first-order valence-electron chi connectivity index (χ1n) is 4.43. The van der Waals surface area contributed by atoms with Crippen LogP contribution in [0, 0.1) is 0 Å². The molecule has 2 aromatic rings. The molecule has 0 aromatic carbocycles. The SMILES string of the molecule is O=C(O)CONc1ccc2nccnc2n1. The molecule has 0 amide bonds. The van der Waals surface area contributed by atoms with Crippen molar-refractivity contribution in [3.05, 3.63) is 24.5 Å². The van der Waals surface area contributed by atoms with E-state index in [0.717, 1.165) is 0 Å². The molecule has 2 rings (SSSR count). The third-order valence-electron chi connectivity index (χ3n) is 1.70. The van der Waals surface area contributed by atoms with E-state index in [1.807, 2.05) is 0 Å². The van der Waals surface area contributed by atoms with Gasteiger partial charge < -0.3 is 5.11 Å². The van der Waals surface area contributed by atoms with Gasteiger partial charge in [-0.25, -0.2) is 20.2 Å². The van der Waals surface area contributed by atoms with Crippen LogP contribution in [0.25, 0.3) is 11.2 Å². The highest BCUT2D eigenvalue weighted by molar-refractivity contribution is 5.71. The lowest BCUT2D eigenvalue weighted by Gasteiger charge is -2.04. The molecule has 0 aliphatic carbocycles. The van der Waals surface area contributed by atoms with E-state index in [4.69, 9.17) is 5.11 Å². The van der Waals surface area contributed by atoms with Gasteiger partial charge in [-0.15, -0.1) is 0 Å².